The summed E-state index contributed by atoms with van der Waals surface area (Å²) in [4.78, 5) is 1.70. The molecule has 1 fully saturated rings. The lowest BCUT2D eigenvalue weighted by Crippen LogP contribution is -2.51. The van der Waals surface area contributed by atoms with Crippen LogP contribution < -0.4 is 14.8 Å². The number of hydrogen-bond acceptors (Lipinski definition) is 5. The molecule has 1 aromatic carbocycles. The first-order valence-electron chi connectivity index (χ1n) is 7.77. The van der Waals surface area contributed by atoms with Crippen molar-refractivity contribution in [1.82, 2.24) is 10.2 Å². The number of piperazine rings is 1. The first-order chi connectivity index (χ1) is 11.0. The zero-order chi connectivity index (χ0) is 16.9. The average Bonchev–Trinajstić information content (AvgIpc) is 2.57. The summed E-state index contributed by atoms with van der Waals surface area (Å²) in [5.41, 5.74) is 0.409. The van der Waals surface area contributed by atoms with Crippen molar-refractivity contribution in [3.05, 3.63) is 23.8 Å². The van der Waals surface area contributed by atoms with Crippen molar-refractivity contribution >= 4 is 12.4 Å². The molecular formula is C16H25ClF2N2O3. The summed E-state index contributed by atoms with van der Waals surface area (Å²) >= 11 is 0. The van der Waals surface area contributed by atoms with Gasteiger partial charge in [-0.05, 0) is 24.6 Å². The van der Waals surface area contributed by atoms with Crippen molar-refractivity contribution < 1.29 is 23.4 Å². The molecule has 1 atom stereocenters. The van der Waals surface area contributed by atoms with Gasteiger partial charge in [0.1, 0.15) is 12.6 Å². The third-order valence-electron chi connectivity index (χ3n) is 3.93. The van der Waals surface area contributed by atoms with Gasteiger partial charge < -0.3 is 19.9 Å². The second-order valence-corrected chi connectivity index (χ2v) is 5.45. The number of aliphatic hydroxyl groups excluding tert-OH is 1. The highest BCUT2D eigenvalue weighted by atomic mass is 35.5. The number of halogens is 3. The molecule has 1 aliphatic heterocycles. The lowest BCUT2D eigenvalue weighted by atomic mass is 9.97. The van der Waals surface area contributed by atoms with Crippen molar-refractivity contribution in [2.45, 2.75) is 18.9 Å². The van der Waals surface area contributed by atoms with Crippen LogP contribution in [0.5, 0.6) is 11.5 Å². The molecule has 0 bridgehead atoms. The first-order valence-corrected chi connectivity index (χ1v) is 7.77. The predicted octanol–water partition coefficient (Wildman–Crippen LogP) is 2.09. The van der Waals surface area contributed by atoms with Gasteiger partial charge in [0.25, 0.3) is 5.92 Å². The maximum Gasteiger partial charge on any atom is 0.289 e. The minimum atomic E-state index is -3.24. The van der Waals surface area contributed by atoms with Crippen LogP contribution in [0.2, 0.25) is 0 Å². The number of benzene rings is 1. The highest BCUT2D eigenvalue weighted by Crippen LogP contribution is 2.39. The number of nitrogens with one attached hydrogen (secondary N) is 1. The van der Waals surface area contributed by atoms with Crippen molar-refractivity contribution in [3.8, 4) is 11.5 Å². The van der Waals surface area contributed by atoms with E-state index in [1.54, 1.807) is 23.1 Å². The molecule has 0 unspecified atom stereocenters. The monoisotopic (exact) mass is 366 g/mol. The Balaban J connectivity index is 0.00000288. The van der Waals surface area contributed by atoms with Gasteiger partial charge >= 0.3 is 0 Å². The number of nitrogens with zero attached hydrogens (tertiary/aromatic N) is 1. The van der Waals surface area contributed by atoms with Gasteiger partial charge in [-0.3, -0.25) is 4.90 Å². The summed E-state index contributed by atoms with van der Waals surface area (Å²) in [6.45, 7) is 3.39. The number of ether oxygens (including phenoxy) is 2. The van der Waals surface area contributed by atoms with E-state index in [9.17, 15) is 13.9 Å². The van der Waals surface area contributed by atoms with Gasteiger partial charge in [0, 0.05) is 26.2 Å². The summed E-state index contributed by atoms with van der Waals surface area (Å²) in [6.07, 6.45) is 0. The predicted molar refractivity (Wildman–Crippen MR) is 90.6 cm³/mol. The minimum Gasteiger partial charge on any atom is -0.493 e. The Hall–Kier alpha value is -1.15. The van der Waals surface area contributed by atoms with Crippen LogP contribution in [0.4, 0.5) is 8.78 Å². The summed E-state index contributed by atoms with van der Waals surface area (Å²) in [5.74, 6) is -2.31. The Labute approximate surface area is 147 Å². The Bertz CT molecular complexity index is 514. The average molecular weight is 367 g/mol. The minimum absolute atomic E-state index is 0. The number of methoxy groups -OCH3 is 1. The summed E-state index contributed by atoms with van der Waals surface area (Å²) in [7, 11) is 1.48. The molecule has 1 aromatic rings. The molecule has 2 N–H and O–H groups in total. The van der Waals surface area contributed by atoms with Gasteiger partial charge in [0.2, 0.25) is 0 Å². The van der Waals surface area contributed by atoms with Crippen molar-refractivity contribution in [3.63, 3.8) is 0 Å². The van der Waals surface area contributed by atoms with Crippen LogP contribution in [0, 0.1) is 0 Å². The molecule has 138 valence electrons. The molecule has 1 heterocycles. The first kappa shape index (κ1) is 20.9. The summed E-state index contributed by atoms with van der Waals surface area (Å²) < 4.78 is 39.5. The number of alkyl halides is 2. The molecule has 0 amide bonds. The van der Waals surface area contributed by atoms with Gasteiger partial charge in [-0.2, -0.15) is 0 Å². The molecule has 0 radical (unpaired) electrons. The van der Waals surface area contributed by atoms with Gasteiger partial charge in [0.05, 0.1) is 13.7 Å². The van der Waals surface area contributed by atoms with Crippen LogP contribution >= 0.6 is 12.4 Å². The molecule has 5 nitrogen and oxygen atoms in total. The second kappa shape index (κ2) is 9.36. The van der Waals surface area contributed by atoms with Crippen LogP contribution in [0.1, 0.15) is 18.5 Å². The highest BCUT2D eigenvalue weighted by molar-refractivity contribution is 5.85. The van der Waals surface area contributed by atoms with E-state index >= 15 is 0 Å². The molecule has 2 rings (SSSR count). The molecule has 0 saturated carbocycles. The molecule has 1 aliphatic rings. The van der Waals surface area contributed by atoms with Crippen LogP contribution in [0.25, 0.3) is 0 Å². The standard InChI is InChI=1S/C16H24F2N2O3.ClH/c1-3-23-13-5-4-12(10-14(13)22-2)15(16(17,18)11-21)20-8-6-19-7-9-20;/h4-5,10,15,19,21H,3,6-9,11H2,1-2H3;1H/t15-;/m0./s1. The highest BCUT2D eigenvalue weighted by Gasteiger charge is 2.44. The largest absolute Gasteiger partial charge is 0.493 e. The Morgan fingerprint density at radius 1 is 1.29 bits per heavy atom. The van der Waals surface area contributed by atoms with Crippen LogP contribution in [0.3, 0.4) is 0 Å². The Kier molecular flexibility index (Phi) is 8.15. The Morgan fingerprint density at radius 3 is 2.50 bits per heavy atom. The molecule has 0 aromatic heterocycles. The zero-order valence-corrected chi connectivity index (χ0v) is 14.7. The van der Waals surface area contributed by atoms with E-state index in [4.69, 9.17) is 9.47 Å². The van der Waals surface area contributed by atoms with Gasteiger partial charge in [-0.1, -0.05) is 6.07 Å². The summed E-state index contributed by atoms with van der Waals surface area (Å²) in [5, 5.41) is 12.3. The fraction of sp³-hybridized carbons (Fsp3) is 0.625. The molecule has 1 saturated heterocycles. The maximum absolute atomic E-state index is 14.4. The normalized spacial score (nSPS) is 17.0. The van der Waals surface area contributed by atoms with E-state index in [0.717, 1.165) is 0 Å². The van der Waals surface area contributed by atoms with Crippen LogP contribution in [-0.2, 0) is 0 Å². The maximum atomic E-state index is 14.4. The second-order valence-electron chi connectivity index (χ2n) is 5.45. The van der Waals surface area contributed by atoms with Crippen molar-refractivity contribution in [2.24, 2.45) is 0 Å². The topological polar surface area (TPSA) is 54.0 Å². The quantitative estimate of drug-likeness (QED) is 0.774. The molecule has 0 spiro atoms. The fourth-order valence-corrected chi connectivity index (χ4v) is 2.88. The number of rotatable bonds is 7. The molecule has 24 heavy (non-hydrogen) atoms. The summed E-state index contributed by atoms with van der Waals surface area (Å²) in [6, 6.07) is 3.63. The van der Waals surface area contributed by atoms with Gasteiger partial charge in [-0.25, -0.2) is 8.78 Å². The van der Waals surface area contributed by atoms with Crippen molar-refractivity contribution in [1.29, 1.82) is 0 Å². The smallest absolute Gasteiger partial charge is 0.289 e. The lowest BCUT2D eigenvalue weighted by Gasteiger charge is -2.38. The van der Waals surface area contributed by atoms with E-state index in [0.29, 0.717) is 49.8 Å². The molecular weight excluding hydrogens is 342 g/mol. The van der Waals surface area contributed by atoms with E-state index in [1.807, 2.05) is 6.92 Å². The third-order valence-corrected chi connectivity index (χ3v) is 3.93. The van der Waals surface area contributed by atoms with Crippen LogP contribution in [0.15, 0.2) is 18.2 Å². The Morgan fingerprint density at radius 2 is 1.96 bits per heavy atom. The number of aliphatic hydroxyl groups is 1. The SMILES string of the molecule is CCOc1ccc([C@H](N2CCNCC2)C(F)(F)CO)cc1OC.Cl. The van der Waals surface area contributed by atoms with Crippen molar-refractivity contribution in [2.75, 3.05) is 46.5 Å². The van der Waals surface area contributed by atoms with E-state index < -0.39 is 18.6 Å². The fourth-order valence-electron chi connectivity index (χ4n) is 2.88. The van der Waals surface area contributed by atoms with E-state index in [-0.39, 0.29) is 12.4 Å². The van der Waals surface area contributed by atoms with Gasteiger partial charge in [-0.15, -0.1) is 12.4 Å². The van der Waals surface area contributed by atoms with Crippen LogP contribution in [-0.4, -0.2) is 62.4 Å². The third kappa shape index (κ3) is 4.69. The molecule has 0 aliphatic carbocycles. The van der Waals surface area contributed by atoms with E-state index in [1.165, 1.54) is 7.11 Å². The lowest BCUT2D eigenvalue weighted by molar-refractivity contribution is -0.118. The zero-order valence-electron chi connectivity index (χ0n) is 13.9. The molecule has 8 heteroatoms. The van der Waals surface area contributed by atoms with Gasteiger partial charge in [0.15, 0.2) is 11.5 Å². The number of hydrogen-bond donors (Lipinski definition) is 2. The van der Waals surface area contributed by atoms with E-state index in [2.05, 4.69) is 5.32 Å².